The Morgan fingerprint density at radius 1 is 1.00 bits per heavy atom. The summed E-state index contributed by atoms with van der Waals surface area (Å²) in [5, 5.41) is 9.60. The van der Waals surface area contributed by atoms with Crippen molar-refractivity contribution in [1.82, 2.24) is 0 Å². The molecule has 0 aliphatic heterocycles. The van der Waals surface area contributed by atoms with Crippen LogP contribution in [0.3, 0.4) is 0 Å². The quantitative estimate of drug-likeness (QED) is 0.445. The molecule has 0 radical (unpaired) electrons. The van der Waals surface area contributed by atoms with Gasteiger partial charge in [-0.2, -0.15) is 12.6 Å². The van der Waals surface area contributed by atoms with E-state index in [0.717, 1.165) is 12.8 Å². The van der Waals surface area contributed by atoms with E-state index < -0.39 is 0 Å². The van der Waals surface area contributed by atoms with Crippen molar-refractivity contribution in [3.63, 3.8) is 0 Å². The summed E-state index contributed by atoms with van der Waals surface area (Å²) in [5.74, 6) is 0. The van der Waals surface area contributed by atoms with Gasteiger partial charge in [0.25, 0.3) is 0 Å². The van der Waals surface area contributed by atoms with E-state index >= 15 is 0 Å². The lowest BCUT2D eigenvalue weighted by atomic mass is 10.1. The second kappa shape index (κ2) is 9.85. The Bertz CT molecular complexity index is 115. The molecule has 0 saturated carbocycles. The lowest BCUT2D eigenvalue weighted by Crippen LogP contribution is -2.05. The smallest absolute Gasteiger partial charge is 0.0512 e. The predicted molar refractivity (Wildman–Crippen MR) is 67.1 cm³/mol. The zero-order chi connectivity index (χ0) is 10.8. The van der Waals surface area contributed by atoms with Crippen molar-refractivity contribution in [1.29, 1.82) is 0 Å². The number of aliphatic hydroxyl groups is 1. The Kier molecular flexibility index (Phi) is 10.1. The molecule has 0 spiro atoms. The zero-order valence-electron chi connectivity index (χ0n) is 9.71. The van der Waals surface area contributed by atoms with Gasteiger partial charge in [-0.25, -0.2) is 0 Å². The first kappa shape index (κ1) is 14.3. The molecule has 0 aromatic heterocycles. The van der Waals surface area contributed by atoms with Crippen molar-refractivity contribution in [3.05, 3.63) is 0 Å². The first-order chi connectivity index (χ1) is 6.66. The fraction of sp³-hybridized carbons (Fsp3) is 1.00. The van der Waals surface area contributed by atoms with Gasteiger partial charge in [0.15, 0.2) is 0 Å². The molecule has 0 aromatic rings. The van der Waals surface area contributed by atoms with Crippen molar-refractivity contribution in [2.75, 3.05) is 0 Å². The summed E-state index contributed by atoms with van der Waals surface area (Å²) >= 11 is 4.52. The summed E-state index contributed by atoms with van der Waals surface area (Å²) in [4.78, 5) is 0. The molecule has 1 nitrogen and oxygen atoms in total. The number of aliphatic hydroxyl groups excluding tert-OH is 1. The highest BCUT2D eigenvalue weighted by Gasteiger charge is 2.04. The third-order valence-electron chi connectivity index (χ3n) is 2.56. The van der Waals surface area contributed by atoms with Crippen LogP contribution in [-0.2, 0) is 0 Å². The summed E-state index contributed by atoms with van der Waals surface area (Å²) in [7, 11) is 0. The van der Waals surface area contributed by atoms with Gasteiger partial charge in [0.2, 0.25) is 0 Å². The summed E-state index contributed by atoms with van der Waals surface area (Å²) in [6.45, 7) is 4.09. The van der Waals surface area contributed by atoms with Crippen molar-refractivity contribution >= 4 is 12.6 Å². The molecular formula is C12H26OS. The third-order valence-corrected chi connectivity index (χ3v) is 3.07. The second-order valence-corrected chi connectivity index (χ2v) is 5.01. The van der Waals surface area contributed by atoms with Gasteiger partial charge < -0.3 is 5.11 Å². The van der Waals surface area contributed by atoms with Crippen LogP contribution in [0.1, 0.15) is 65.2 Å². The van der Waals surface area contributed by atoms with Crippen molar-refractivity contribution in [2.45, 2.75) is 76.6 Å². The predicted octanol–water partition coefficient (Wildman–Crippen LogP) is 3.81. The first-order valence-electron chi connectivity index (χ1n) is 6.03. The van der Waals surface area contributed by atoms with E-state index in [1.54, 1.807) is 0 Å². The molecule has 1 N–H and O–H groups in total. The Morgan fingerprint density at radius 2 is 1.64 bits per heavy atom. The minimum Gasteiger partial charge on any atom is -0.393 e. The zero-order valence-corrected chi connectivity index (χ0v) is 10.6. The van der Waals surface area contributed by atoms with Gasteiger partial charge in [-0.15, -0.1) is 0 Å². The second-order valence-electron chi connectivity index (χ2n) is 4.28. The van der Waals surface area contributed by atoms with Gasteiger partial charge in [-0.3, -0.25) is 0 Å². The monoisotopic (exact) mass is 218 g/mol. The van der Waals surface area contributed by atoms with Crippen LogP contribution >= 0.6 is 12.6 Å². The van der Waals surface area contributed by atoms with Crippen LogP contribution < -0.4 is 0 Å². The van der Waals surface area contributed by atoms with E-state index in [1.807, 2.05) is 6.92 Å². The van der Waals surface area contributed by atoms with Crippen LogP contribution in [0, 0.1) is 0 Å². The van der Waals surface area contributed by atoms with E-state index in [4.69, 9.17) is 5.11 Å². The topological polar surface area (TPSA) is 20.2 Å². The Balaban J connectivity index is 3.14. The lowest BCUT2D eigenvalue weighted by molar-refractivity contribution is 0.181. The van der Waals surface area contributed by atoms with Gasteiger partial charge in [0.1, 0.15) is 0 Å². The van der Waals surface area contributed by atoms with E-state index in [9.17, 15) is 0 Å². The minimum atomic E-state index is -0.162. The Hall–Kier alpha value is 0.310. The molecule has 2 unspecified atom stereocenters. The van der Waals surface area contributed by atoms with Gasteiger partial charge in [-0.05, 0) is 26.2 Å². The number of unbranched alkanes of at least 4 members (excludes halogenated alkanes) is 4. The highest BCUT2D eigenvalue weighted by Crippen LogP contribution is 2.15. The maximum absolute atomic E-state index is 9.11. The molecule has 0 aliphatic rings. The van der Waals surface area contributed by atoms with Crippen LogP contribution in [0.15, 0.2) is 0 Å². The van der Waals surface area contributed by atoms with Crippen molar-refractivity contribution < 1.29 is 5.11 Å². The molecule has 0 aliphatic carbocycles. The molecule has 0 fully saturated rings. The first-order valence-corrected chi connectivity index (χ1v) is 6.54. The fourth-order valence-corrected chi connectivity index (χ4v) is 1.89. The molecule has 0 rings (SSSR count). The summed E-state index contributed by atoms with van der Waals surface area (Å²) in [6, 6.07) is 0. The molecule has 0 bridgehead atoms. The average molecular weight is 218 g/mol. The molecule has 2 heteroatoms. The number of hydrogen-bond acceptors (Lipinski definition) is 2. The van der Waals surface area contributed by atoms with Crippen LogP contribution in [0.5, 0.6) is 0 Å². The SMILES string of the molecule is CCCCCCCC(S)CCC(C)O. The van der Waals surface area contributed by atoms with Crippen molar-refractivity contribution in [2.24, 2.45) is 0 Å². The molecular weight excluding hydrogens is 192 g/mol. The Labute approximate surface area is 94.7 Å². The maximum Gasteiger partial charge on any atom is 0.0512 e. The molecule has 0 amide bonds. The number of rotatable bonds is 9. The van der Waals surface area contributed by atoms with E-state index in [-0.39, 0.29) is 6.10 Å². The standard InChI is InChI=1S/C12H26OS/c1-3-4-5-6-7-8-12(14)10-9-11(2)13/h11-14H,3-10H2,1-2H3. The molecule has 2 atom stereocenters. The van der Waals surface area contributed by atoms with Gasteiger partial charge >= 0.3 is 0 Å². The van der Waals surface area contributed by atoms with Crippen LogP contribution in [0.4, 0.5) is 0 Å². The summed E-state index contributed by atoms with van der Waals surface area (Å²) < 4.78 is 0. The number of hydrogen-bond donors (Lipinski definition) is 2. The minimum absolute atomic E-state index is 0.162. The molecule has 0 saturated heterocycles. The largest absolute Gasteiger partial charge is 0.393 e. The van der Waals surface area contributed by atoms with E-state index in [0.29, 0.717) is 5.25 Å². The highest BCUT2D eigenvalue weighted by atomic mass is 32.1. The van der Waals surface area contributed by atoms with Gasteiger partial charge in [-0.1, -0.05) is 39.0 Å². The lowest BCUT2D eigenvalue weighted by Gasteiger charge is -2.11. The van der Waals surface area contributed by atoms with Crippen molar-refractivity contribution in [3.8, 4) is 0 Å². The maximum atomic E-state index is 9.11. The average Bonchev–Trinajstić information content (AvgIpc) is 2.14. The van der Waals surface area contributed by atoms with Crippen LogP contribution in [0.25, 0.3) is 0 Å². The number of thiol groups is 1. The van der Waals surface area contributed by atoms with E-state index in [2.05, 4.69) is 19.6 Å². The molecule has 86 valence electrons. The summed E-state index contributed by atoms with van der Waals surface area (Å²) in [6.07, 6.45) is 9.68. The Morgan fingerprint density at radius 3 is 2.21 bits per heavy atom. The van der Waals surface area contributed by atoms with Gasteiger partial charge in [0, 0.05) is 5.25 Å². The van der Waals surface area contributed by atoms with E-state index in [1.165, 1.54) is 38.5 Å². The fourth-order valence-electron chi connectivity index (χ4n) is 1.56. The third kappa shape index (κ3) is 10.4. The molecule has 14 heavy (non-hydrogen) atoms. The van der Waals surface area contributed by atoms with Crippen LogP contribution in [0.2, 0.25) is 0 Å². The highest BCUT2D eigenvalue weighted by molar-refractivity contribution is 7.80. The normalized spacial score (nSPS) is 15.4. The van der Waals surface area contributed by atoms with Crippen LogP contribution in [-0.4, -0.2) is 16.5 Å². The molecule has 0 heterocycles. The molecule has 0 aromatic carbocycles. The van der Waals surface area contributed by atoms with Gasteiger partial charge in [0.05, 0.1) is 6.10 Å². The summed E-state index contributed by atoms with van der Waals surface area (Å²) in [5.41, 5.74) is 0.